The van der Waals surface area contributed by atoms with Crippen LogP contribution < -0.4 is 4.90 Å². The van der Waals surface area contributed by atoms with Crippen molar-refractivity contribution in [2.45, 2.75) is 31.2 Å². The molecule has 1 aromatic heterocycles. The standard InChI is InChI=1S/C19H21N5OS/c1-13-9-8-12-17(14(13)2)24-19(20-21-22-24)26-15(3)18(25)23(4)16-10-6-5-7-11-16/h5-12,15H,1-4H3/t15-/m1/s1. The number of hydrogen-bond acceptors (Lipinski definition) is 5. The molecule has 0 fully saturated rings. The smallest absolute Gasteiger partial charge is 0.240 e. The number of aromatic nitrogens is 4. The van der Waals surface area contributed by atoms with Gasteiger partial charge in [0.15, 0.2) is 0 Å². The topological polar surface area (TPSA) is 63.9 Å². The third-order valence-corrected chi connectivity index (χ3v) is 5.37. The molecule has 26 heavy (non-hydrogen) atoms. The zero-order chi connectivity index (χ0) is 18.7. The Morgan fingerprint density at radius 2 is 1.85 bits per heavy atom. The van der Waals surface area contributed by atoms with E-state index in [-0.39, 0.29) is 11.2 Å². The summed E-state index contributed by atoms with van der Waals surface area (Å²) in [5.41, 5.74) is 4.07. The largest absolute Gasteiger partial charge is 0.315 e. The number of nitrogens with zero attached hydrogens (tertiary/aromatic N) is 5. The Morgan fingerprint density at radius 1 is 1.12 bits per heavy atom. The highest BCUT2D eigenvalue weighted by Crippen LogP contribution is 2.27. The first-order valence-electron chi connectivity index (χ1n) is 8.33. The fraction of sp³-hybridized carbons (Fsp3) is 0.263. The minimum Gasteiger partial charge on any atom is -0.315 e. The van der Waals surface area contributed by atoms with E-state index >= 15 is 0 Å². The quantitative estimate of drug-likeness (QED) is 0.647. The van der Waals surface area contributed by atoms with Gasteiger partial charge in [-0.2, -0.15) is 4.68 Å². The number of amides is 1. The average Bonchev–Trinajstić information content (AvgIpc) is 3.11. The number of hydrogen-bond donors (Lipinski definition) is 0. The lowest BCUT2D eigenvalue weighted by atomic mass is 10.1. The highest BCUT2D eigenvalue weighted by molar-refractivity contribution is 8.00. The molecule has 7 heteroatoms. The number of carbonyl (C=O) groups excluding carboxylic acids is 1. The summed E-state index contributed by atoms with van der Waals surface area (Å²) in [6.07, 6.45) is 0. The van der Waals surface area contributed by atoms with Gasteiger partial charge in [-0.25, -0.2) is 0 Å². The minimum atomic E-state index is -0.324. The van der Waals surface area contributed by atoms with Crippen LogP contribution in [-0.4, -0.2) is 38.4 Å². The van der Waals surface area contributed by atoms with Gasteiger partial charge in [0.1, 0.15) is 0 Å². The Morgan fingerprint density at radius 3 is 2.58 bits per heavy atom. The van der Waals surface area contributed by atoms with Gasteiger partial charge in [0.25, 0.3) is 0 Å². The first kappa shape index (κ1) is 18.1. The maximum Gasteiger partial charge on any atom is 0.240 e. The summed E-state index contributed by atoms with van der Waals surface area (Å²) in [7, 11) is 1.78. The van der Waals surface area contributed by atoms with Crippen LogP contribution >= 0.6 is 11.8 Å². The Labute approximate surface area is 157 Å². The van der Waals surface area contributed by atoms with Crippen molar-refractivity contribution in [3.8, 4) is 5.69 Å². The van der Waals surface area contributed by atoms with E-state index < -0.39 is 0 Å². The number of thioether (sulfide) groups is 1. The number of anilines is 1. The van der Waals surface area contributed by atoms with Gasteiger partial charge in [-0.3, -0.25) is 4.79 Å². The van der Waals surface area contributed by atoms with Crippen LogP contribution in [0.4, 0.5) is 5.69 Å². The molecular weight excluding hydrogens is 346 g/mol. The third kappa shape index (κ3) is 3.62. The van der Waals surface area contributed by atoms with Crippen LogP contribution in [0.15, 0.2) is 53.7 Å². The van der Waals surface area contributed by atoms with E-state index in [9.17, 15) is 4.79 Å². The predicted octanol–water partition coefficient (Wildman–Crippen LogP) is 3.42. The molecule has 0 saturated carbocycles. The molecule has 3 rings (SSSR count). The summed E-state index contributed by atoms with van der Waals surface area (Å²) < 4.78 is 1.69. The molecule has 0 radical (unpaired) electrons. The first-order chi connectivity index (χ1) is 12.5. The summed E-state index contributed by atoms with van der Waals surface area (Å²) in [5.74, 6) is -0.00304. The molecule has 0 N–H and O–H groups in total. The van der Waals surface area contributed by atoms with E-state index in [4.69, 9.17) is 0 Å². The van der Waals surface area contributed by atoms with Crippen LogP contribution in [0, 0.1) is 13.8 Å². The lowest BCUT2D eigenvalue weighted by molar-refractivity contribution is -0.117. The lowest BCUT2D eigenvalue weighted by Crippen LogP contribution is -2.33. The molecule has 134 valence electrons. The molecule has 0 bridgehead atoms. The van der Waals surface area contributed by atoms with Gasteiger partial charge in [0.2, 0.25) is 11.1 Å². The van der Waals surface area contributed by atoms with Crippen LogP contribution in [0.3, 0.4) is 0 Å². The van der Waals surface area contributed by atoms with E-state index in [1.54, 1.807) is 16.6 Å². The van der Waals surface area contributed by atoms with Crippen molar-refractivity contribution in [3.05, 3.63) is 59.7 Å². The van der Waals surface area contributed by atoms with E-state index in [2.05, 4.69) is 28.5 Å². The van der Waals surface area contributed by atoms with E-state index in [1.807, 2.05) is 56.3 Å². The summed E-state index contributed by atoms with van der Waals surface area (Å²) in [6.45, 7) is 5.96. The molecule has 6 nitrogen and oxygen atoms in total. The van der Waals surface area contributed by atoms with Crippen LogP contribution in [0.2, 0.25) is 0 Å². The van der Waals surface area contributed by atoms with Crippen LogP contribution in [0.25, 0.3) is 5.69 Å². The van der Waals surface area contributed by atoms with E-state index in [1.165, 1.54) is 17.3 Å². The van der Waals surface area contributed by atoms with Crippen molar-refractivity contribution in [3.63, 3.8) is 0 Å². The zero-order valence-electron chi connectivity index (χ0n) is 15.2. The molecule has 1 amide bonds. The monoisotopic (exact) mass is 367 g/mol. The number of carbonyl (C=O) groups is 1. The second-order valence-corrected chi connectivity index (χ2v) is 7.39. The van der Waals surface area contributed by atoms with Crippen LogP contribution in [0.1, 0.15) is 18.1 Å². The van der Waals surface area contributed by atoms with Crippen molar-refractivity contribution in [2.24, 2.45) is 0 Å². The van der Waals surface area contributed by atoms with Crippen molar-refractivity contribution < 1.29 is 4.79 Å². The number of tetrazole rings is 1. The van der Waals surface area contributed by atoms with Crippen LogP contribution in [0.5, 0.6) is 0 Å². The summed E-state index contributed by atoms with van der Waals surface area (Å²) in [6, 6.07) is 15.6. The second-order valence-electron chi connectivity index (χ2n) is 6.09. The molecular formula is C19H21N5OS. The molecule has 0 aliphatic rings. The molecule has 0 saturated heterocycles. The van der Waals surface area contributed by atoms with Gasteiger partial charge in [-0.15, -0.1) is 5.10 Å². The SMILES string of the molecule is Cc1cccc(-n2nnnc2S[C@H](C)C(=O)N(C)c2ccccc2)c1C. The average molecular weight is 367 g/mol. The second kappa shape index (κ2) is 7.70. The summed E-state index contributed by atoms with van der Waals surface area (Å²) >= 11 is 1.35. The van der Waals surface area contributed by atoms with Crippen molar-refractivity contribution >= 4 is 23.4 Å². The van der Waals surface area contributed by atoms with Crippen molar-refractivity contribution in [1.82, 2.24) is 20.2 Å². The fourth-order valence-electron chi connectivity index (χ4n) is 2.63. The molecule has 0 aliphatic heterocycles. The van der Waals surface area contributed by atoms with Crippen molar-refractivity contribution in [1.29, 1.82) is 0 Å². The zero-order valence-corrected chi connectivity index (χ0v) is 16.1. The number of benzene rings is 2. The predicted molar refractivity (Wildman–Crippen MR) is 104 cm³/mol. The Balaban J connectivity index is 1.81. The molecule has 1 atom stereocenters. The summed E-state index contributed by atoms with van der Waals surface area (Å²) in [4.78, 5) is 14.4. The Kier molecular flexibility index (Phi) is 5.37. The van der Waals surface area contributed by atoms with Crippen LogP contribution in [-0.2, 0) is 4.79 Å². The third-order valence-electron chi connectivity index (χ3n) is 4.35. The molecule has 3 aromatic rings. The number of para-hydroxylation sites is 1. The molecule has 2 aromatic carbocycles. The van der Waals surface area contributed by atoms with E-state index in [0.717, 1.165) is 16.9 Å². The van der Waals surface area contributed by atoms with Gasteiger partial charge in [-0.05, 0) is 60.5 Å². The maximum atomic E-state index is 12.8. The van der Waals surface area contributed by atoms with Gasteiger partial charge in [0, 0.05) is 12.7 Å². The lowest BCUT2D eigenvalue weighted by Gasteiger charge is -2.21. The molecule has 0 spiro atoms. The maximum absolute atomic E-state index is 12.8. The van der Waals surface area contributed by atoms with E-state index in [0.29, 0.717) is 5.16 Å². The minimum absolute atomic E-state index is 0.00304. The Hall–Kier alpha value is -2.67. The van der Waals surface area contributed by atoms with Gasteiger partial charge >= 0.3 is 0 Å². The Bertz CT molecular complexity index is 909. The molecule has 0 aliphatic carbocycles. The number of aryl methyl sites for hydroxylation is 1. The highest BCUT2D eigenvalue weighted by atomic mass is 32.2. The first-order valence-corrected chi connectivity index (χ1v) is 9.21. The fourth-order valence-corrected chi connectivity index (χ4v) is 3.52. The normalized spacial score (nSPS) is 12.0. The van der Waals surface area contributed by atoms with Crippen molar-refractivity contribution in [2.75, 3.05) is 11.9 Å². The van der Waals surface area contributed by atoms with Gasteiger partial charge in [-0.1, -0.05) is 42.1 Å². The van der Waals surface area contributed by atoms with Gasteiger partial charge < -0.3 is 4.90 Å². The van der Waals surface area contributed by atoms with Gasteiger partial charge in [0.05, 0.1) is 10.9 Å². The summed E-state index contributed by atoms with van der Waals surface area (Å²) in [5, 5.41) is 12.3. The molecule has 0 unspecified atom stereocenters. The molecule has 1 heterocycles. The number of rotatable bonds is 5. The highest BCUT2D eigenvalue weighted by Gasteiger charge is 2.23.